The van der Waals surface area contributed by atoms with Crippen LogP contribution in [0.5, 0.6) is 0 Å². The smallest absolute Gasteiger partial charge is 0.331 e. The maximum absolute atomic E-state index is 11.6. The van der Waals surface area contributed by atoms with E-state index in [-0.39, 0.29) is 18.6 Å². The predicted octanol–water partition coefficient (Wildman–Crippen LogP) is 2.92. The highest BCUT2D eigenvalue weighted by Gasteiger charge is 2.28. The summed E-state index contributed by atoms with van der Waals surface area (Å²) in [5, 5.41) is 2.83. The monoisotopic (exact) mass is 351 g/mol. The molecule has 0 radical (unpaired) electrons. The molecule has 1 aliphatic carbocycles. The van der Waals surface area contributed by atoms with Crippen LogP contribution in [0.2, 0.25) is 0 Å². The Balaban J connectivity index is 1.72. The number of amides is 1. The Morgan fingerprint density at radius 3 is 2.90 bits per heavy atom. The zero-order valence-corrected chi connectivity index (χ0v) is 13.4. The number of hydrogen-bond donors (Lipinski definition) is 1. The van der Waals surface area contributed by atoms with Crippen LogP contribution in [-0.2, 0) is 14.3 Å². The Hall–Kier alpha value is -1.62. The van der Waals surface area contributed by atoms with Crippen molar-refractivity contribution in [2.24, 2.45) is 5.92 Å². The van der Waals surface area contributed by atoms with E-state index >= 15 is 0 Å². The highest BCUT2D eigenvalue weighted by atomic mass is 79.9. The Morgan fingerprint density at radius 1 is 1.48 bits per heavy atom. The molecule has 1 N–H and O–H groups in total. The summed E-state index contributed by atoms with van der Waals surface area (Å²) in [7, 11) is 0. The minimum atomic E-state index is -0.524. The van der Waals surface area contributed by atoms with Crippen LogP contribution in [0.4, 0.5) is 0 Å². The van der Waals surface area contributed by atoms with Crippen LogP contribution in [0.25, 0.3) is 6.08 Å². The fourth-order valence-electron chi connectivity index (χ4n) is 1.97. The van der Waals surface area contributed by atoms with Crippen molar-refractivity contribution < 1.29 is 14.3 Å². The normalized spacial score (nSPS) is 15.7. The van der Waals surface area contributed by atoms with E-state index in [0.717, 1.165) is 22.9 Å². The second kappa shape index (κ2) is 7.41. The number of ether oxygens (including phenoxy) is 1. The van der Waals surface area contributed by atoms with Crippen molar-refractivity contribution in [2.45, 2.75) is 25.8 Å². The molecule has 5 heteroatoms. The van der Waals surface area contributed by atoms with Gasteiger partial charge in [0.25, 0.3) is 5.91 Å². The van der Waals surface area contributed by atoms with Gasteiger partial charge in [-0.15, -0.1) is 0 Å². The summed E-state index contributed by atoms with van der Waals surface area (Å²) in [6, 6.07) is 7.70. The van der Waals surface area contributed by atoms with Crippen LogP contribution in [0.15, 0.2) is 34.8 Å². The van der Waals surface area contributed by atoms with Gasteiger partial charge in [-0.2, -0.15) is 0 Å². The molecular formula is C16H18BrNO3. The van der Waals surface area contributed by atoms with Crippen molar-refractivity contribution in [2.75, 3.05) is 6.61 Å². The molecule has 1 fully saturated rings. The standard InChI is InChI=1S/C16H18BrNO3/c1-11(13-6-7-13)18-15(19)10-21-16(20)8-5-12-3-2-4-14(17)9-12/h2-5,8-9,11,13H,6-7,10H2,1H3,(H,18,19)/b8-5+/t11-/m0/s1. The first-order valence-corrected chi connectivity index (χ1v) is 7.73. The first-order valence-electron chi connectivity index (χ1n) is 6.94. The van der Waals surface area contributed by atoms with Gasteiger partial charge in [-0.25, -0.2) is 4.79 Å². The third-order valence-electron chi connectivity index (χ3n) is 3.32. The van der Waals surface area contributed by atoms with Gasteiger partial charge >= 0.3 is 5.97 Å². The quantitative estimate of drug-likeness (QED) is 0.633. The summed E-state index contributed by atoms with van der Waals surface area (Å²) in [6.45, 7) is 1.74. The maximum atomic E-state index is 11.6. The van der Waals surface area contributed by atoms with Gasteiger partial charge in [0, 0.05) is 16.6 Å². The average molecular weight is 352 g/mol. The number of rotatable bonds is 6. The Bertz CT molecular complexity index is 552. The largest absolute Gasteiger partial charge is 0.452 e. The summed E-state index contributed by atoms with van der Waals surface area (Å²) < 4.78 is 5.84. The molecule has 1 amide bonds. The van der Waals surface area contributed by atoms with E-state index in [2.05, 4.69) is 21.2 Å². The molecule has 112 valence electrons. The lowest BCUT2D eigenvalue weighted by molar-refractivity contribution is -0.144. The van der Waals surface area contributed by atoms with Crippen LogP contribution in [-0.4, -0.2) is 24.5 Å². The molecule has 0 saturated heterocycles. The van der Waals surface area contributed by atoms with Crippen LogP contribution in [0.1, 0.15) is 25.3 Å². The predicted molar refractivity (Wildman–Crippen MR) is 84.5 cm³/mol. The van der Waals surface area contributed by atoms with Crippen LogP contribution >= 0.6 is 15.9 Å². The minimum Gasteiger partial charge on any atom is -0.452 e. The van der Waals surface area contributed by atoms with Gasteiger partial charge in [0.2, 0.25) is 0 Å². The molecule has 0 unspecified atom stereocenters. The Labute approximate surface area is 132 Å². The van der Waals surface area contributed by atoms with E-state index in [1.807, 2.05) is 31.2 Å². The third-order valence-corrected chi connectivity index (χ3v) is 3.82. The van der Waals surface area contributed by atoms with E-state index in [1.54, 1.807) is 6.08 Å². The number of benzene rings is 1. The number of nitrogens with one attached hydrogen (secondary N) is 1. The Kier molecular flexibility index (Phi) is 5.56. The van der Waals surface area contributed by atoms with Gasteiger partial charge in [0.1, 0.15) is 0 Å². The molecule has 0 aromatic heterocycles. The zero-order valence-electron chi connectivity index (χ0n) is 11.8. The summed E-state index contributed by atoms with van der Waals surface area (Å²) in [5.74, 6) is -0.191. The second-order valence-electron chi connectivity index (χ2n) is 5.19. The van der Waals surface area contributed by atoms with Gasteiger partial charge in [-0.05, 0) is 49.5 Å². The van der Waals surface area contributed by atoms with Gasteiger partial charge in [-0.3, -0.25) is 4.79 Å². The van der Waals surface area contributed by atoms with E-state index in [4.69, 9.17) is 4.74 Å². The van der Waals surface area contributed by atoms with Crippen molar-refractivity contribution in [1.82, 2.24) is 5.32 Å². The number of carbonyl (C=O) groups excluding carboxylic acids is 2. The molecule has 4 nitrogen and oxygen atoms in total. The topological polar surface area (TPSA) is 55.4 Å². The molecule has 0 spiro atoms. The SMILES string of the molecule is C[C@H](NC(=O)COC(=O)/C=C/c1cccc(Br)c1)C1CC1. The maximum Gasteiger partial charge on any atom is 0.331 e. The Morgan fingerprint density at radius 2 is 2.24 bits per heavy atom. The van der Waals surface area contributed by atoms with Crippen molar-refractivity contribution in [3.63, 3.8) is 0 Å². The third kappa shape index (κ3) is 5.71. The van der Waals surface area contributed by atoms with Crippen molar-refractivity contribution in [1.29, 1.82) is 0 Å². The van der Waals surface area contributed by atoms with Crippen molar-refractivity contribution in [3.8, 4) is 0 Å². The molecule has 0 bridgehead atoms. The summed E-state index contributed by atoms with van der Waals surface area (Å²) in [5.41, 5.74) is 0.883. The van der Waals surface area contributed by atoms with E-state index in [0.29, 0.717) is 5.92 Å². The fourth-order valence-corrected chi connectivity index (χ4v) is 2.39. The lowest BCUT2D eigenvalue weighted by atomic mass is 10.2. The zero-order chi connectivity index (χ0) is 15.2. The molecule has 2 rings (SSSR count). The molecule has 1 aliphatic rings. The second-order valence-corrected chi connectivity index (χ2v) is 6.11. The molecule has 1 saturated carbocycles. The number of halogens is 1. The number of carbonyl (C=O) groups is 2. The van der Waals surface area contributed by atoms with Crippen LogP contribution in [0, 0.1) is 5.92 Å². The van der Waals surface area contributed by atoms with Crippen LogP contribution in [0.3, 0.4) is 0 Å². The molecule has 1 aromatic rings. The first kappa shape index (κ1) is 15.8. The summed E-state index contributed by atoms with van der Waals surface area (Å²) in [4.78, 5) is 23.1. The molecular weight excluding hydrogens is 334 g/mol. The summed E-state index contributed by atoms with van der Waals surface area (Å²) >= 11 is 3.36. The number of hydrogen-bond acceptors (Lipinski definition) is 3. The average Bonchev–Trinajstić information content (AvgIpc) is 3.27. The first-order chi connectivity index (χ1) is 10.0. The van der Waals surface area contributed by atoms with Gasteiger partial charge < -0.3 is 10.1 Å². The van der Waals surface area contributed by atoms with Gasteiger partial charge in [0.05, 0.1) is 0 Å². The highest BCUT2D eigenvalue weighted by Crippen LogP contribution is 2.32. The van der Waals surface area contributed by atoms with Gasteiger partial charge in [0.15, 0.2) is 6.61 Å². The number of esters is 1. The molecule has 0 aliphatic heterocycles. The van der Waals surface area contributed by atoms with Gasteiger partial charge in [-0.1, -0.05) is 28.1 Å². The van der Waals surface area contributed by atoms with Crippen molar-refractivity contribution >= 4 is 33.9 Å². The van der Waals surface area contributed by atoms with Crippen molar-refractivity contribution in [3.05, 3.63) is 40.4 Å². The molecule has 0 heterocycles. The summed E-state index contributed by atoms with van der Waals surface area (Å²) in [6.07, 6.45) is 5.30. The molecule has 21 heavy (non-hydrogen) atoms. The van der Waals surface area contributed by atoms with E-state index in [1.165, 1.54) is 6.08 Å². The molecule has 1 aromatic carbocycles. The fraction of sp³-hybridized carbons (Fsp3) is 0.375. The van der Waals surface area contributed by atoms with E-state index < -0.39 is 5.97 Å². The van der Waals surface area contributed by atoms with Crippen LogP contribution < -0.4 is 5.32 Å². The highest BCUT2D eigenvalue weighted by molar-refractivity contribution is 9.10. The van der Waals surface area contributed by atoms with E-state index in [9.17, 15) is 9.59 Å². The minimum absolute atomic E-state index is 0.161. The lowest BCUT2D eigenvalue weighted by Crippen LogP contribution is -2.36. The lowest BCUT2D eigenvalue weighted by Gasteiger charge is -2.12. The molecule has 1 atom stereocenters.